The average Bonchev–Trinajstić information content (AvgIpc) is 2.99. The Balaban J connectivity index is 1.52. The summed E-state index contributed by atoms with van der Waals surface area (Å²) in [6, 6.07) is 5.56. The number of hydrogen-bond acceptors (Lipinski definition) is 6. The van der Waals surface area contributed by atoms with Crippen molar-refractivity contribution >= 4 is 23.2 Å². The fourth-order valence-electron chi connectivity index (χ4n) is 2.26. The first kappa shape index (κ1) is 16.3. The van der Waals surface area contributed by atoms with Crippen LogP contribution in [0.15, 0.2) is 23.6 Å². The number of aliphatic carboxylic acids is 1. The van der Waals surface area contributed by atoms with Gasteiger partial charge in [0, 0.05) is 11.9 Å². The van der Waals surface area contributed by atoms with Crippen LogP contribution >= 0.6 is 11.3 Å². The number of carboxylic acid groups (broad SMARTS) is 1. The first-order chi connectivity index (χ1) is 11.6. The Morgan fingerprint density at radius 1 is 1.21 bits per heavy atom. The van der Waals surface area contributed by atoms with Gasteiger partial charge >= 0.3 is 5.97 Å². The summed E-state index contributed by atoms with van der Waals surface area (Å²) in [6.07, 6.45) is 0.00412. The van der Waals surface area contributed by atoms with Crippen LogP contribution in [0.25, 0.3) is 0 Å². The van der Waals surface area contributed by atoms with Crippen molar-refractivity contribution in [2.75, 3.05) is 13.2 Å². The van der Waals surface area contributed by atoms with Gasteiger partial charge in [-0.1, -0.05) is 6.07 Å². The first-order valence-electron chi connectivity index (χ1n) is 7.40. The highest BCUT2D eigenvalue weighted by Gasteiger charge is 2.13. The fraction of sp³-hybridized carbons (Fsp3) is 0.312. The maximum atomic E-state index is 12.0. The van der Waals surface area contributed by atoms with Crippen molar-refractivity contribution in [2.24, 2.45) is 0 Å². The van der Waals surface area contributed by atoms with Gasteiger partial charge in [0.2, 0.25) is 5.91 Å². The molecule has 0 saturated carbocycles. The van der Waals surface area contributed by atoms with Crippen molar-refractivity contribution in [3.63, 3.8) is 0 Å². The summed E-state index contributed by atoms with van der Waals surface area (Å²) < 4.78 is 11.0. The second kappa shape index (κ2) is 7.31. The van der Waals surface area contributed by atoms with Gasteiger partial charge in [0.1, 0.15) is 18.2 Å². The molecule has 1 aromatic carbocycles. The lowest BCUT2D eigenvalue weighted by Gasteiger charge is -2.18. The van der Waals surface area contributed by atoms with Gasteiger partial charge in [-0.05, 0) is 17.7 Å². The van der Waals surface area contributed by atoms with Crippen molar-refractivity contribution in [1.82, 2.24) is 10.3 Å². The molecule has 8 heteroatoms. The van der Waals surface area contributed by atoms with E-state index in [2.05, 4.69) is 10.3 Å². The number of amides is 1. The van der Waals surface area contributed by atoms with Gasteiger partial charge in [0.25, 0.3) is 0 Å². The molecule has 2 heterocycles. The number of carboxylic acids is 1. The molecule has 3 rings (SSSR count). The van der Waals surface area contributed by atoms with Crippen molar-refractivity contribution in [3.8, 4) is 11.5 Å². The van der Waals surface area contributed by atoms with Gasteiger partial charge in [0.05, 0.1) is 18.5 Å². The zero-order chi connectivity index (χ0) is 16.9. The quantitative estimate of drug-likeness (QED) is 0.819. The molecule has 1 aliphatic heterocycles. The summed E-state index contributed by atoms with van der Waals surface area (Å²) in [5, 5.41) is 13.8. The van der Waals surface area contributed by atoms with Gasteiger partial charge in [0.15, 0.2) is 11.5 Å². The van der Waals surface area contributed by atoms with Gasteiger partial charge < -0.3 is 19.9 Å². The Morgan fingerprint density at radius 2 is 2.00 bits per heavy atom. The normalized spacial score (nSPS) is 12.7. The number of carbonyl (C=O) groups excluding carboxylic acids is 1. The number of benzene rings is 1. The van der Waals surface area contributed by atoms with Crippen LogP contribution in [-0.2, 0) is 29.0 Å². The molecule has 7 nitrogen and oxygen atoms in total. The minimum absolute atomic E-state index is 0.130. The number of nitrogens with zero attached hydrogens (tertiary/aromatic N) is 1. The smallest absolute Gasteiger partial charge is 0.309 e. The summed E-state index contributed by atoms with van der Waals surface area (Å²) in [6.45, 7) is 1.44. The SMILES string of the molecule is O=C(O)Cc1csc(CC(=O)NCc2ccc3c(c2)OCCO3)n1. The third kappa shape index (κ3) is 4.23. The molecular weight excluding hydrogens is 332 g/mol. The molecule has 24 heavy (non-hydrogen) atoms. The third-order valence-electron chi connectivity index (χ3n) is 3.34. The van der Waals surface area contributed by atoms with Crippen LogP contribution in [-0.4, -0.2) is 35.2 Å². The lowest BCUT2D eigenvalue weighted by Crippen LogP contribution is -2.24. The largest absolute Gasteiger partial charge is 0.486 e. The summed E-state index contributed by atoms with van der Waals surface area (Å²) in [4.78, 5) is 26.8. The predicted molar refractivity (Wildman–Crippen MR) is 86.4 cm³/mol. The summed E-state index contributed by atoms with van der Waals surface area (Å²) in [5.74, 6) is 0.298. The van der Waals surface area contributed by atoms with Crippen LogP contribution in [0.3, 0.4) is 0 Å². The third-order valence-corrected chi connectivity index (χ3v) is 4.24. The molecule has 2 N–H and O–H groups in total. The predicted octanol–water partition coefficient (Wildman–Crippen LogP) is 1.40. The second-order valence-electron chi connectivity index (χ2n) is 5.23. The Hall–Kier alpha value is -2.61. The Bertz CT molecular complexity index is 759. The van der Waals surface area contributed by atoms with Gasteiger partial charge in [-0.2, -0.15) is 0 Å². The summed E-state index contributed by atoms with van der Waals surface area (Å²) in [5.41, 5.74) is 1.39. The van der Waals surface area contributed by atoms with E-state index in [0.29, 0.717) is 42.0 Å². The summed E-state index contributed by atoms with van der Waals surface area (Å²) in [7, 11) is 0. The van der Waals surface area contributed by atoms with Gasteiger partial charge in [-0.25, -0.2) is 4.98 Å². The van der Waals surface area contributed by atoms with Crippen molar-refractivity contribution in [1.29, 1.82) is 0 Å². The van der Waals surface area contributed by atoms with Crippen LogP contribution in [0.2, 0.25) is 0 Å². The molecule has 0 aliphatic carbocycles. The molecule has 1 amide bonds. The molecule has 0 fully saturated rings. The van der Waals surface area contributed by atoms with Crippen LogP contribution in [0.5, 0.6) is 11.5 Å². The van der Waals surface area contributed by atoms with E-state index in [9.17, 15) is 9.59 Å². The molecule has 0 radical (unpaired) electrons. The monoisotopic (exact) mass is 348 g/mol. The highest BCUT2D eigenvalue weighted by Crippen LogP contribution is 2.30. The fourth-order valence-corrected chi connectivity index (χ4v) is 3.06. The molecule has 126 valence electrons. The van der Waals surface area contributed by atoms with Gasteiger partial charge in [-0.3, -0.25) is 9.59 Å². The molecule has 0 saturated heterocycles. The van der Waals surface area contributed by atoms with E-state index in [4.69, 9.17) is 14.6 Å². The number of carbonyl (C=O) groups is 2. The Morgan fingerprint density at radius 3 is 2.79 bits per heavy atom. The lowest BCUT2D eigenvalue weighted by atomic mass is 10.2. The maximum Gasteiger partial charge on any atom is 0.309 e. The van der Waals surface area contributed by atoms with Gasteiger partial charge in [-0.15, -0.1) is 11.3 Å². The molecular formula is C16H16N2O5S. The minimum Gasteiger partial charge on any atom is -0.486 e. The molecule has 0 atom stereocenters. The molecule has 0 bridgehead atoms. The van der Waals surface area contributed by atoms with Crippen LogP contribution < -0.4 is 14.8 Å². The number of aromatic nitrogens is 1. The van der Waals surface area contributed by atoms with E-state index in [1.165, 1.54) is 11.3 Å². The van der Waals surface area contributed by atoms with Crippen LogP contribution in [0.1, 0.15) is 16.3 Å². The van der Waals surface area contributed by atoms with E-state index < -0.39 is 5.97 Å². The number of hydrogen-bond donors (Lipinski definition) is 2. The van der Waals surface area contributed by atoms with E-state index in [-0.39, 0.29) is 18.7 Å². The standard InChI is InChI=1S/C16H16N2O5S/c19-14(7-15-18-11(9-24-15)6-16(20)21)17-8-10-1-2-12-13(5-10)23-4-3-22-12/h1-2,5,9H,3-4,6-8H2,(H,17,19)(H,20,21). The van der Waals surface area contributed by atoms with Crippen molar-refractivity contribution < 1.29 is 24.2 Å². The van der Waals surface area contributed by atoms with E-state index in [1.54, 1.807) is 5.38 Å². The van der Waals surface area contributed by atoms with Crippen molar-refractivity contribution in [3.05, 3.63) is 39.8 Å². The number of thiazole rings is 1. The highest BCUT2D eigenvalue weighted by molar-refractivity contribution is 7.09. The molecule has 0 unspecified atom stereocenters. The molecule has 1 aliphatic rings. The molecule has 0 spiro atoms. The van der Waals surface area contributed by atoms with Crippen molar-refractivity contribution in [2.45, 2.75) is 19.4 Å². The van der Waals surface area contributed by atoms with Crippen LogP contribution in [0, 0.1) is 0 Å². The number of nitrogens with one attached hydrogen (secondary N) is 1. The number of ether oxygens (including phenoxy) is 2. The topological polar surface area (TPSA) is 97.8 Å². The number of rotatable bonds is 6. The Labute approximate surface area is 142 Å². The van der Waals surface area contributed by atoms with E-state index >= 15 is 0 Å². The zero-order valence-corrected chi connectivity index (χ0v) is 13.6. The zero-order valence-electron chi connectivity index (χ0n) is 12.8. The molecule has 2 aromatic rings. The lowest BCUT2D eigenvalue weighted by molar-refractivity contribution is -0.136. The minimum atomic E-state index is -0.935. The first-order valence-corrected chi connectivity index (χ1v) is 8.28. The van der Waals surface area contributed by atoms with E-state index in [0.717, 1.165) is 5.56 Å². The second-order valence-corrected chi connectivity index (χ2v) is 6.18. The summed E-state index contributed by atoms with van der Waals surface area (Å²) >= 11 is 1.29. The van der Waals surface area contributed by atoms with E-state index in [1.807, 2.05) is 18.2 Å². The number of fused-ring (bicyclic) bond motifs is 1. The maximum absolute atomic E-state index is 12.0. The average molecular weight is 348 g/mol. The highest BCUT2D eigenvalue weighted by atomic mass is 32.1. The Kier molecular flexibility index (Phi) is 4.95. The molecule has 1 aromatic heterocycles. The van der Waals surface area contributed by atoms with Crippen LogP contribution in [0.4, 0.5) is 0 Å².